The molecule has 104 valence electrons. The van der Waals surface area contributed by atoms with Gasteiger partial charge in [0.05, 0.1) is 0 Å². The number of carbonyl (C=O) groups excluding carboxylic acids is 2. The van der Waals surface area contributed by atoms with Crippen molar-refractivity contribution in [2.45, 2.75) is 6.92 Å². The molecule has 0 unspecified atom stereocenters. The van der Waals surface area contributed by atoms with Crippen molar-refractivity contribution in [1.82, 2.24) is 4.98 Å². The van der Waals surface area contributed by atoms with Crippen molar-refractivity contribution >= 4 is 38.9 Å². The molecule has 1 amide bonds. The number of hydrogen-bond acceptors (Lipinski definition) is 4. The first kappa shape index (κ1) is 13.5. The summed E-state index contributed by atoms with van der Waals surface area (Å²) < 4.78 is 0. The lowest BCUT2D eigenvalue weighted by atomic mass is 10.0. The van der Waals surface area contributed by atoms with E-state index in [1.165, 1.54) is 18.3 Å². The van der Waals surface area contributed by atoms with Crippen LogP contribution in [0.15, 0.2) is 47.8 Å². The molecule has 1 N–H and O–H groups in total. The van der Waals surface area contributed by atoms with Gasteiger partial charge in [-0.25, -0.2) is 4.98 Å². The van der Waals surface area contributed by atoms with Crippen molar-refractivity contribution in [3.63, 3.8) is 0 Å². The minimum atomic E-state index is -0.226. The van der Waals surface area contributed by atoms with Crippen LogP contribution in [-0.2, 0) is 0 Å². The van der Waals surface area contributed by atoms with Gasteiger partial charge in [0.25, 0.3) is 5.91 Å². The predicted octanol–water partition coefficient (Wildman–Crippen LogP) is 3.75. The summed E-state index contributed by atoms with van der Waals surface area (Å²) in [5, 5.41) is 6.71. The van der Waals surface area contributed by atoms with Gasteiger partial charge < -0.3 is 0 Å². The molecule has 0 atom stereocenters. The van der Waals surface area contributed by atoms with Crippen LogP contribution in [0.3, 0.4) is 0 Å². The van der Waals surface area contributed by atoms with Gasteiger partial charge in [-0.2, -0.15) is 0 Å². The lowest BCUT2D eigenvalue weighted by Crippen LogP contribution is -2.12. The smallest absolute Gasteiger partial charge is 0.258 e. The molecule has 5 heteroatoms. The van der Waals surface area contributed by atoms with Gasteiger partial charge in [-0.05, 0) is 16.8 Å². The summed E-state index contributed by atoms with van der Waals surface area (Å²) >= 11 is 1.24. The number of aromatic nitrogens is 1. The largest absolute Gasteiger partial charge is 0.298 e. The van der Waals surface area contributed by atoms with E-state index in [-0.39, 0.29) is 11.7 Å². The van der Waals surface area contributed by atoms with E-state index in [2.05, 4.69) is 10.3 Å². The SMILES string of the molecule is CC(=O)c1csc(NC(=O)c2cccc3ccccc23)n1. The molecular formula is C16H12N2O2S. The van der Waals surface area contributed by atoms with Gasteiger partial charge in [0.15, 0.2) is 10.9 Å². The summed E-state index contributed by atoms with van der Waals surface area (Å²) in [5.41, 5.74) is 0.959. The molecule has 0 spiro atoms. The maximum absolute atomic E-state index is 12.4. The Balaban J connectivity index is 1.91. The Bertz CT molecular complexity index is 834. The Morgan fingerprint density at radius 3 is 2.62 bits per heavy atom. The second-order valence-corrected chi connectivity index (χ2v) is 5.43. The first-order valence-corrected chi connectivity index (χ1v) is 7.28. The maximum atomic E-state index is 12.4. The van der Waals surface area contributed by atoms with Crippen molar-refractivity contribution in [1.29, 1.82) is 0 Å². The fourth-order valence-electron chi connectivity index (χ4n) is 2.08. The van der Waals surface area contributed by atoms with Crippen LogP contribution in [0.25, 0.3) is 10.8 Å². The highest BCUT2D eigenvalue weighted by atomic mass is 32.1. The third kappa shape index (κ3) is 2.68. The molecule has 0 fully saturated rings. The summed E-state index contributed by atoms with van der Waals surface area (Å²) in [7, 11) is 0. The van der Waals surface area contributed by atoms with E-state index in [1.807, 2.05) is 36.4 Å². The zero-order valence-electron chi connectivity index (χ0n) is 11.3. The molecule has 1 heterocycles. The minimum absolute atomic E-state index is 0.114. The molecule has 2 aromatic carbocycles. The second kappa shape index (κ2) is 5.46. The van der Waals surface area contributed by atoms with Crippen LogP contribution in [0.1, 0.15) is 27.8 Å². The number of rotatable bonds is 3. The fraction of sp³-hybridized carbons (Fsp3) is 0.0625. The van der Waals surface area contributed by atoms with Gasteiger partial charge in [0, 0.05) is 17.9 Å². The van der Waals surface area contributed by atoms with E-state index in [0.717, 1.165) is 10.8 Å². The zero-order valence-corrected chi connectivity index (χ0v) is 12.1. The Hall–Kier alpha value is -2.53. The van der Waals surface area contributed by atoms with Crippen LogP contribution in [0.5, 0.6) is 0 Å². The average molecular weight is 296 g/mol. The molecule has 0 aliphatic rings. The molecule has 3 aromatic rings. The second-order valence-electron chi connectivity index (χ2n) is 4.57. The van der Waals surface area contributed by atoms with E-state index in [1.54, 1.807) is 11.4 Å². The molecule has 4 nitrogen and oxygen atoms in total. The maximum Gasteiger partial charge on any atom is 0.258 e. The number of amides is 1. The molecule has 0 saturated heterocycles. The van der Waals surface area contributed by atoms with Crippen molar-refractivity contribution in [2.75, 3.05) is 5.32 Å². The molecule has 0 aliphatic heterocycles. The Kier molecular flexibility index (Phi) is 3.50. The van der Waals surface area contributed by atoms with Gasteiger partial charge in [-0.1, -0.05) is 36.4 Å². The molecule has 0 aliphatic carbocycles. The van der Waals surface area contributed by atoms with E-state index in [9.17, 15) is 9.59 Å². The minimum Gasteiger partial charge on any atom is -0.298 e. The number of thiazole rings is 1. The average Bonchev–Trinajstić information content (AvgIpc) is 2.95. The fourth-order valence-corrected chi connectivity index (χ4v) is 2.83. The zero-order chi connectivity index (χ0) is 14.8. The van der Waals surface area contributed by atoms with Crippen LogP contribution in [0.2, 0.25) is 0 Å². The summed E-state index contributed by atoms with van der Waals surface area (Å²) in [6.07, 6.45) is 0. The monoisotopic (exact) mass is 296 g/mol. The van der Waals surface area contributed by atoms with E-state index >= 15 is 0 Å². The Morgan fingerprint density at radius 2 is 1.86 bits per heavy atom. The molecule has 0 radical (unpaired) electrons. The topological polar surface area (TPSA) is 59.1 Å². The van der Waals surface area contributed by atoms with Crippen LogP contribution < -0.4 is 5.32 Å². The quantitative estimate of drug-likeness (QED) is 0.749. The molecule has 3 rings (SSSR count). The highest BCUT2D eigenvalue weighted by Gasteiger charge is 2.12. The normalized spacial score (nSPS) is 10.5. The van der Waals surface area contributed by atoms with Crippen LogP contribution >= 0.6 is 11.3 Å². The van der Waals surface area contributed by atoms with Crippen LogP contribution in [-0.4, -0.2) is 16.7 Å². The van der Waals surface area contributed by atoms with E-state index in [0.29, 0.717) is 16.4 Å². The standard InChI is InChI=1S/C16H12N2O2S/c1-10(19)14-9-21-16(17-14)18-15(20)13-8-4-6-11-5-2-3-7-12(11)13/h2-9H,1H3,(H,17,18,20). The summed E-state index contributed by atoms with van der Waals surface area (Å²) in [5.74, 6) is -0.340. The predicted molar refractivity (Wildman–Crippen MR) is 84.0 cm³/mol. The number of nitrogens with one attached hydrogen (secondary N) is 1. The van der Waals surface area contributed by atoms with Gasteiger partial charge in [-0.15, -0.1) is 11.3 Å². The van der Waals surface area contributed by atoms with Gasteiger partial charge in [-0.3, -0.25) is 14.9 Å². The third-order valence-electron chi connectivity index (χ3n) is 3.12. The highest BCUT2D eigenvalue weighted by molar-refractivity contribution is 7.14. The number of nitrogens with zero attached hydrogens (tertiary/aromatic N) is 1. The van der Waals surface area contributed by atoms with Crippen molar-refractivity contribution in [3.8, 4) is 0 Å². The highest BCUT2D eigenvalue weighted by Crippen LogP contribution is 2.21. The molecule has 0 saturated carbocycles. The number of fused-ring (bicyclic) bond motifs is 1. The van der Waals surface area contributed by atoms with E-state index in [4.69, 9.17) is 0 Å². The lowest BCUT2D eigenvalue weighted by Gasteiger charge is -2.05. The number of ketones is 1. The Morgan fingerprint density at radius 1 is 1.10 bits per heavy atom. The molecule has 0 bridgehead atoms. The van der Waals surface area contributed by atoms with Crippen molar-refractivity contribution in [3.05, 3.63) is 59.1 Å². The summed E-state index contributed by atoms with van der Waals surface area (Å²) in [6.45, 7) is 1.45. The van der Waals surface area contributed by atoms with Crippen molar-refractivity contribution in [2.24, 2.45) is 0 Å². The summed E-state index contributed by atoms with van der Waals surface area (Å²) in [6, 6.07) is 13.3. The van der Waals surface area contributed by atoms with E-state index < -0.39 is 0 Å². The van der Waals surface area contributed by atoms with Crippen LogP contribution in [0.4, 0.5) is 5.13 Å². The van der Waals surface area contributed by atoms with Gasteiger partial charge in [0.1, 0.15) is 5.69 Å². The summed E-state index contributed by atoms with van der Waals surface area (Å²) in [4.78, 5) is 27.7. The molecule has 1 aromatic heterocycles. The number of hydrogen-bond donors (Lipinski definition) is 1. The van der Waals surface area contributed by atoms with Gasteiger partial charge in [0.2, 0.25) is 0 Å². The van der Waals surface area contributed by atoms with Crippen LogP contribution in [0, 0.1) is 0 Å². The molecule has 21 heavy (non-hydrogen) atoms. The lowest BCUT2D eigenvalue weighted by molar-refractivity contribution is 0.100. The van der Waals surface area contributed by atoms with Crippen molar-refractivity contribution < 1.29 is 9.59 Å². The third-order valence-corrected chi connectivity index (χ3v) is 3.88. The number of carbonyl (C=O) groups is 2. The number of benzene rings is 2. The first-order valence-electron chi connectivity index (χ1n) is 6.41. The molecular weight excluding hydrogens is 284 g/mol. The first-order chi connectivity index (χ1) is 10.1. The number of anilines is 1. The number of Topliss-reactive ketones (excluding diaryl/α,β-unsaturated/α-hetero) is 1. The van der Waals surface area contributed by atoms with Gasteiger partial charge >= 0.3 is 0 Å². The Labute approximate surface area is 125 Å².